The van der Waals surface area contributed by atoms with Crippen LogP contribution in [-0.4, -0.2) is 31.4 Å². The predicted octanol–water partition coefficient (Wildman–Crippen LogP) is 4.19. The van der Waals surface area contributed by atoms with Crippen LogP contribution in [0.15, 0.2) is 58.9 Å². The molecule has 1 amide bonds. The summed E-state index contributed by atoms with van der Waals surface area (Å²) in [5.41, 5.74) is 6.95. The summed E-state index contributed by atoms with van der Waals surface area (Å²) in [5, 5.41) is 6.88. The lowest BCUT2D eigenvalue weighted by Gasteiger charge is -2.14. The molecule has 0 bridgehead atoms. The number of hydrogen-bond acceptors (Lipinski definition) is 7. The molecule has 0 spiro atoms. The van der Waals surface area contributed by atoms with Gasteiger partial charge in [0, 0.05) is 5.69 Å². The van der Waals surface area contributed by atoms with Crippen molar-refractivity contribution in [3.8, 4) is 0 Å². The van der Waals surface area contributed by atoms with Gasteiger partial charge >= 0.3 is 0 Å². The lowest BCUT2D eigenvalue weighted by Crippen LogP contribution is -2.25. The minimum Gasteiger partial charge on any atom is -0.373 e. The number of thiazole rings is 1. The maximum Gasteiger partial charge on any atom is 0.275 e. The Balaban J connectivity index is 1.29. The number of carbonyl (C=O) groups excluding carboxylic acids is 1. The fourth-order valence-corrected chi connectivity index (χ4v) is 4.63. The zero-order valence-electron chi connectivity index (χ0n) is 15.3. The Kier molecular flexibility index (Phi) is 4.53. The summed E-state index contributed by atoms with van der Waals surface area (Å²) in [6, 6.07) is 11.9. The number of imidazole rings is 1. The van der Waals surface area contributed by atoms with Gasteiger partial charge in [0.25, 0.3) is 5.91 Å². The molecular weight excluding hydrogens is 404 g/mol. The first-order chi connectivity index (χ1) is 14.1. The van der Waals surface area contributed by atoms with E-state index in [0.717, 1.165) is 32.5 Å². The molecule has 144 valence electrons. The van der Waals surface area contributed by atoms with Crippen molar-refractivity contribution in [1.29, 1.82) is 0 Å². The largest absolute Gasteiger partial charge is 0.373 e. The number of fused-ring (bicyclic) bond motifs is 2. The number of carbonyl (C=O) groups is 1. The number of nitrogens with zero attached hydrogens (tertiary/aromatic N) is 3. The normalized spacial score (nSPS) is 16.4. The van der Waals surface area contributed by atoms with Gasteiger partial charge < -0.3 is 10.3 Å². The summed E-state index contributed by atoms with van der Waals surface area (Å²) in [6.07, 6.45) is 3.43. The highest BCUT2D eigenvalue weighted by molar-refractivity contribution is 8.14. The lowest BCUT2D eigenvalue weighted by atomic mass is 10.1. The van der Waals surface area contributed by atoms with E-state index >= 15 is 0 Å². The molecule has 9 heteroatoms. The van der Waals surface area contributed by atoms with Crippen molar-refractivity contribution in [3.63, 3.8) is 0 Å². The van der Waals surface area contributed by atoms with Crippen molar-refractivity contribution in [3.05, 3.63) is 59.5 Å². The van der Waals surface area contributed by atoms with Crippen LogP contribution in [0, 0.1) is 0 Å². The minimum absolute atomic E-state index is 0.0279. The van der Waals surface area contributed by atoms with Gasteiger partial charge in [-0.2, -0.15) is 0 Å². The second-order valence-electron chi connectivity index (χ2n) is 6.52. The monoisotopic (exact) mass is 420 g/mol. The van der Waals surface area contributed by atoms with E-state index in [2.05, 4.69) is 36.6 Å². The number of anilines is 1. The molecule has 3 N–H and O–H groups in total. The highest BCUT2D eigenvalue weighted by Crippen LogP contribution is 2.25. The van der Waals surface area contributed by atoms with Gasteiger partial charge in [-0.1, -0.05) is 17.8 Å². The lowest BCUT2D eigenvalue weighted by molar-refractivity contribution is -0.115. The highest BCUT2D eigenvalue weighted by Gasteiger charge is 2.22. The van der Waals surface area contributed by atoms with Gasteiger partial charge in [0.1, 0.15) is 5.70 Å². The Morgan fingerprint density at radius 1 is 1.17 bits per heavy atom. The summed E-state index contributed by atoms with van der Waals surface area (Å²) < 4.78 is 1.14. The van der Waals surface area contributed by atoms with E-state index in [1.165, 1.54) is 11.8 Å². The first-order valence-corrected chi connectivity index (χ1v) is 10.7. The van der Waals surface area contributed by atoms with E-state index < -0.39 is 0 Å². The molecule has 1 atom stereocenters. The number of amidine groups is 1. The van der Waals surface area contributed by atoms with E-state index in [0.29, 0.717) is 10.9 Å². The van der Waals surface area contributed by atoms with Crippen molar-refractivity contribution < 1.29 is 4.79 Å². The quantitative estimate of drug-likeness (QED) is 0.340. The molecule has 2 aromatic carbocycles. The average Bonchev–Trinajstić information content (AvgIpc) is 3.41. The second kappa shape index (κ2) is 7.34. The number of aromatic nitrogens is 3. The summed E-state index contributed by atoms with van der Waals surface area (Å²) >= 11 is 3.08. The molecule has 4 aromatic rings. The predicted molar refractivity (Wildman–Crippen MR) is 120 cm³/mol. The van der Waals surface area contributed by atoms with Crippen molar-refractivity contribution in [2.24, 2.45) is 4.99 Å². The van der Waals surface area contributed by atoms with Crippen LogP contribution >= 0.6 is 23.1 Å². The third-order valence-corrected chi connectivity index (χ3v) is 6.09. The summed E-state index contributed by atoms with van der Waals surface area (Å²) in [6.45, 7) is 2.03. The SMILES string of the molecule is CC(Nc1ccc2ncsc2c1)SC1=N/C(=C\c2ccc3nc[nH]c3c2)C(=O)N1. The number of rotatable bonds is 4. The van der Waals surface area contributed by atoms with Crippen LogP contribution in [0.3, 0.4) is 0 Å². The number of benzene rings is 2. The number of amides is 1. The van der Waals surface area contributed by atoms with Gasteiger partial charge in [0.05, 0.1) is 38.5 Å². The molecular formula is C20H16N6OS2. The van der Waals surface area contributed by atoms with E-state index in [9.17, 15) is 4.79 Å². The molecule has 5 rings (SSSR count). The first-order valence-electron chi connectivity index (χ1n) is 8.95. The van der Waals surface area contributed by atoms with Crippen molar-refractivity contribution in [2.45, 2.75) is 12.3 Å². The number of hydrogen-bond donors (Lipinski definition) is 3. The Morgan fingerprint density at radius 2 is 2.07 bits per heavy atom. The molecule has 1 aliphatic rings. The molecule has 7 nitrogen and oxygen atoms in total. The highest BCUT2D eigenvalue weighted by atomic mass is 32.2. The van der Waals surface area contributed by atoms with Gasteiger partial charge in [-0.25, -0.2) is 15.0 Å². The van der Waals surface area contributed by atoms with E-state index in [4.69, 9.17) is 0 Å². The van der Waals surface area contributed by atoms with Crippen molar-refractivity contribution in [2.75, 3.05) is 5.32 Å². The minimum atomic E-state index is -0.199. The second-order valence-corrected chi connectivity index (χ2v) is 8.73. The molecule has 0 radical (unpaired) electrons. The summed E-state index contributed by atoms with van der Waals surface area (Å²) in [7, 11) is 0. The van der Waals surface area contributed by atoms with Gasteiger partial charge in [0.2, 0.25) is 0 Å². The van der Waals surface area contributed by atoms with Crippen LogP contribution in [0.4, 0.5) is 5.69 Å². The Hall–Kier alpha value is -3.17. The fraction of sp³-hybridized carbons (Fsp3) is 0.100. The van der Waals surface area contributed by atoms with Gasteiger partial charge in [-0.15, -0.1) is 11.3 Å². The molecule has 0 saturated carbocycles. The average molecular weight is 421 g/mol. The zero-order valence-corrected chi connectivity index (χ0v) is 17.0. The smallest absolute Gasteiger partial charge is 0.275 e. The Labute approximate surface area is 174 Å². The number of aliphatic imine (C=N–C) groups is 1. The van der Waals surface area contributed by atoms with Gasteiger partial charge in [0.15, 0.2) is 5.17 Å². The third-order valence-electron chi connectivity index (χ3n) is 4.41. The van der Waals surface area contributed by atoms with Crippen LogP contribution in [0.2, 0.25) is 0 Å². The molecule has 0 saturated heterocycles. The van der Waals surface area contributed by atoms with E-state index in [1.807, 2.05) is 42.8 Å². The van der Waals surface area contributed by atoms with Crippen LogP contribution in [-0.2, 0) is 4.79 Å². The number of aromatic amines is 1. The maximum atomic E-state index is 12.3. The topological polar surface area (TPSA) is 95.1 Å². The molecule has 0 fully saturated rings. The van der Waals surface area contributed by atoms with Crippen LogP contribution < -0.4 is 10.6 Å². The molecule has 3 heterocycles. The van der Waals surface area contributed by atoms with E-state index in [1.54, 1.807) is 23.7 Å². The van der Waals surface area contributed by atoms with Crippen LogP contribution in [0.1, 0.15) is 12.5 Å². The van der Waals surface area contributed by atoms with E-state index in [-0.39, 0.29) is 11.3 Å². The van der Waals surface area contributed by atoms with Crippen molar-refractivity contribution in [1.82, 2.24) is 20.3 Å². The molecule has 0 aliphatic carbocycles. The standard InChI is InChI=1S/C20H16N6OS2/c1-11(24-13-3-5-15-18(8-13)28-10-23-15)29-20-25-17(19(27)26-20)7-12-2-4-14-16(6-12)22-9-21-14/h2-11,24H,1H3,(H,21,22)(H,25,26,27)/b17-7-. The summed E-state index contributed by atoms with van der Waals surface area (Å²) in [5.74, 6) is -0.199. The molecule has 29 heavy (non-hydrogen) atoms. The molecule has 1 aliphatic heterocycles. The van der Waals surface area contributed by atoms with Gasteiger partial charge in [-0.05, 0) is 48.9 Å². The van der Waals surface area contributed by atoms with Gasteiger partial charge in [-0.3, -0.25) is 10.1 Å². The Morgan fingerprint density at radius 3 is 3.00 bits per heavy atom. The first kappa shape index (κ1) is 17.9. The summed E-state index contributed by atoms with van der Waals surface area (Å²) in [4.78, 5) is 28.3. The molecule has 2 aromatic heterocycles. The maximum absolute atomic E-state index is 12.3. The van der Waals surface area contributed by atoms with Crippen LogP contribution in [0.25, 0.3) is 27.3 Å². The Bertz CT molecular complexity index is 1290. The number of thioether (sulfide) groups is 1. The van der Waals surface area contributed by atoms with Crippen molar-refractivity contribution >= 4 is 67.2 Å². The number of H-pyrrole nitrogens is 1. The molecule has 1 unspecified atom stereocenters. The fourth-order valence-electron chi connectivity index (χ4n) is 3.08. The van der Waals surface area contributed by atoms with Crippen LogP contribution in [0.5, 0.6) is 0 Å². The zero-order chi connectivity index (χ0) is 19.8. The number of nitrogens with one attached hydrogen (secondary N) is 3. The third kappa shape index (κ3) is 3.74.